The quantitative estimate of drug-likeness (QED) is 0.703. The van der Waals surface area contributed by atoms with Crippen LogP contribution in [0.4, 0.5) is 0 Å². The van der Waals surface area contributed by atoms with Crippen molar-refractivity contribution in [3.63, 3.8) is 0 Å². The van der Waals surface area contributed by atoms with E-state index in [1.54, 1.807) is 17.9 Å². The average molecular weight is 196 g/mol. The van der Waals surface area contributed by atoms with Crippen LogP contribution < -0.4 is 11.1 Å². The largest absolute Gasteiger partial charge is 0.348 e. The lowest BCUT2D eigenvalue weighted by Crippen LogP contribution is -2.37. The molecule has 1 unspecified atom stereocenters. The smallest absolute Gasteiger partial charge is 0.254 e. The van der Waals surface area contributed by atoms with Crippen LogP contribution in [0.3, 0.4) is 0 Å². The van der Waals surface area contributed by atoms with E-state index < -0.39 is 0 Å². The van der Waals surface area contributed by atoms with E-state index in [4.69, 9.17) is 5.73 Å². The van der Waals surface area contributed by atoms with E-state index in [0.717, 1.165) is 5.69 Å². The summed E-state index contributed by atoms with van der Waals surface area (Å²) < 4.78 is 1.62. The number of amides is 1. The molecule has 78 valence electrons. The Labute approximate surface area is 83.3 Å². The second-order valence-electron chi connectivity index (χ2n) is 3.41. The predicted molar refractivity (Wildman–Crippen MR) is 53.9 cm³/mol. The molecule has 3 N–H and O–H groups in total. The minimum atomic E-state index is -0.117. The molecule has 14 heavy (non-hydrogen) atoms. The van der Waals surface area contributed by atoms with Gasteiger partial charge in [-0.05, 0) is 13.8 Å². The second-order valence-corrected chi connectivity index (χ2v) is 3.41. The zero-order valence-electron chi connectivity index (χ0n) is 8.74. The molecule has 0 aromatic carbocycles. The van der Waals surface area contributed by atoms with E-state index in [9.17, 15) is 4.79 Å². The molecule has 0 bridgehead atoms. The van der Waals surface area contributed by atoms with Crippen LogP contribution in [-0.2, 0) is 7.05 Å². The Kier molecular flexibility index (Phi) is 3.24. The van der Waals surface area contributed by atoms with Crippen molar-refractivity contribution in [2.75, 3.05) is 6.54 Å². The Morgan fingerprint density at radius 3 is 2.86 bits per heavy atom. The van der Waals surface area contributed by atoms with Crippen LogP contribution in [0.2, 0.25) is 0 Å². The number of aryl methyl sites for hydroxylation is 2. The van der Waals surface area contributed by atoms with Gasteiger partial charge in [0.2, 0.25) is 0 Å². The minimum Gasteiger partial charge on any atom is -0.348 e. The molecular formula is C9H16N4O. The van der Waals surface area contributed by atoms with E-state index in [0.29, 0.717) is 12.1 Å². The fourth-order valence-electron chi connectivity index (χ4n) is 1.18. The number of hydrogen-bond donors (Lipinski definition) is 2. The number of nitrogens with one attached hydrogen (secondary N) is 1. The van der Waals surface area contributed by atoms with Crippen molar-refractivity contribution in [2.45, 2.75) is 19.9 Å². The van der Waals surface area contributed by atoms with Gasteiger partial charge in [0.15, 0.2) is 0 Å². The number of hydrogen-bond acceptors (Lipinski definition) is 3. The molecule has 0 spiro atoms. The second kappa shape index (κ2) is 4.23. The highest BCUT2D eigenvalue weighted by Crippen LogP contribution is 2.04. The molecule has 1 aromatic heterocycles. The maximum absolute atomic E-state index is 11.6. The van der Waals surface area contributed by atoms with Crippen LogP contribution in [-0.4, -0.2) is 28.3 Å². The highest BCUT2D eigenvalue weighted by molar-refractivity contribution is 5.95. The highest BCUT2D eigenvalue weighted by atomic mass is 16.1. The minimum absolute atomic E-state index is 0.0119. The first-order chi connectivity index (χ1) is 6.54. The molecule has 0 aliphatic heterocycles. The van der Waals surface area contributed by atoms with Gasteiger partial charge in [0.05, 0.1) is 11.3 Å². The van der Waals surface area contributed by atoms with Crippen LogP contribution in [0.25, 0.3) is 0 Å². The molecule has 1 rings (SSSR count). The van der Waals surface area contributed by atoms with Gasteiger partial charge < -0.3 is 11.1 Å². The molecule has 0 aliphatic rings. The van der Waals surface area contributed by atoms with Crippen LogP contribution in [0.1, 0.15) is 23.0 Å². The molecule has 0 fully saturated rings. The third-order valence-corrected chi connectivity index (χ3v) is 1.99. The summed E-state index contributed by atoms with van der Waals surface area (Å²) in [4.78, 5) is 11.6. The first kappa shape index (κ1) is 10.7. The fraction of sp³-hybridized carbons (Fsp3) is 0.556. The van der Waals surface area contributed by atoms with Crippen molar-refractivity contribution in [3.8, 4) is 0 Å². The van der Waals surface area contributed by atoms with Crippen molar-refractivity contribution < 1.29 is 4.79 Å². The van der Waals surface area contributed by atoms with Gasteiger partial charge in [0, 0.05) is 25.8 Å². The van der Waals surface area contributed by atoms with E-state index in [2.05, 4.69) is 10.4 Å². The molecule has 1 heterocycles. The number of nitrogens with two attached hydrogens (primary N) is 1. The maximum atomic E-state index is 11.6. The number of aromatic nitrogens is 2. The van der Waals surface area contributed by atoms with Crippen LogP contribution >= 0.6 is 0 Å². The lowest BCUT2D eigenvalue weighted by molar-refractivity contribution is 0.0940. The Morgan fingerprint density at radius 2 is 2.43 bits per heavy atom. The normalized spacial score (nSPS) is 12.6. The summed E-state index contributed by atoms with van der Waals surface area (Å²) in [7, 11) is 1.79. The number of carbonyl (C=O) groups is 1. The van der Waals surface area contributed by atoms with Crippen molar-refractivity contribution in [1.82, 2.24) is 15.1 Å². The van der Waals surface area contributed by atoms with Crippen LogP contribution in [0.15, 0.2) is 6.20 Å². The Balaban J connectivity index is 2.74. The lowest BCUT2D eigenvalue weighted by atomic mass is 10.2. The predicted octanol–water partition coefficient (Wildman–Crippen LogP) is -0.194. The molecule has 0 aliphatic carbocycles. The van der Waals surface area contributed by atoms with Crippen LogP contribution in [0, 0.1) is 6.92 Å². The average Bonchev–Trinajstić information content (AvgIpc) is 2.45. The summed E-state index contributed by atoms with van der Waals surface area (Å²) in [5.74, 6) is -0.117. The third kappa shape index (κ3) is 2.32. The zero-order valence-corrected chi connectivity index (χ0v) is 8.74. The summed E-state index contributed by atoms with van der Waals surface area (Å²) >= 11 is 0. The monoisotopic (exact) mass is 196 g/mol. The van der Waals surface area contributed by atoms with Crippen LogP contribution in [0.5, 0.6) is 0 Å². The topological polar surface area (TPSA) is 72.9 Å². The highest BCUT2D eigenvalue weighted by Gasteiger charge is 2.13. The molecule has 5 heteroatoms. The first-order valence-corrected chi connectivity index (χ1v) is 4.55. The van der Waals surface area contributed by atoms with Crippen molar-refractivity contribution in [1.29, 1.82) is 0 Å². The van der Waals surface area contributed by atoms with Crippen molar-refractivity contribution >= 4 is 5.91 Å². The third-order valence-electron chi connectivity index (χ3n) is 1.99. The molecule has 0 saturated heterocycles. The first-order valence-electron chi connectivity index (χ1n) is 4.55. The molecular weight excluding hydrogens is 180 g/mol. The summed E-state index contributed by atoms with van der Waals surface area (Å²) in [5.41, 5.74) is 6.74. The number of nitrogens with zero attached hydrogens (tertiary/aromatic N) is 2. The number of carbonyl (C=O) groups excluding carboxylic acids is 1. The molecule has 1 atom stereocenters. The molecule has 1 amide bonds. The van der Waals surface area contributed by atoms with E-state index in [1.807, 2.05) is 13.8 Å². The number of rotatable bonds is 3. The van der Waals surface area contributed by atoms with Gasteiger partial charge >= 0.3 is 0 Å². The van der Waals surface area contributed by atoms with E-state index >= 15 is 0 Å². The molecule has 5 nitrogen and oxygen atoms in total. The van der Waals surface area contributed by atoms with Gasteiger partial charge in [-0.15, -0.1) is 0 Å². The van der Waals surface area contributed by atoms with Gasteiger partial charge in [0.25, 0.3) is 5.91 Å². The van der Waals surface area contributed by atoms with E-state index in [1.165, 1.54) is 0 Å². The van der Waals surface area contributed by atoms with Gasteiger partial charge in [-0.3, -0.25) is 9.48 Å². The Hall–Kier alpha value is -1.36. The van der Waals surface area contributed by atoms with Gasteiger partial charge in [-0.1, -0.05) is 0 Å². The maximum Gasteiger partial charge on any atom is 0.254 e. The Bertz CT molecular complexity index is 332. The summed E-state index contributed by atoms with van der Waals surface area (Å²) in [6, 6.07) is -0.0119. The van der Waals surface area contributed by atoms with Crippen molar-refractivity contribution in [3.05, 3.63) is 17.5 Å². The van der Waals surface area contributed by atoms with Crippen molar-refractivity contribution in [2.24, 2.45) is 12.8 Å². The summed E-state index contributed by atoms with van der Waals surface area (Å²) in [5, 5.41) is 6.87. The molecule has 0 radical (unpaired) electrons. The summed E-state index contributed by atoms with van der Waals surface area (Å²) in [6.45, 7) is 4.11. The van der Waals surface area contributed by atoms with Gasteiger partial charge in [-0.2, -0.15) is 5.10 Å². The fourth-order valence-corrected chi connectivity index (χ4v) is 1.18. The molecule has 0 saturated carbocycles. The van der Waals surface area contributed by atoms with E-state index in [-0.39, 0.29) is 11.9 Å². The lowest BCUT2D eigenvalue weighted by Gasteiger charge is -2.10. The summed E-state index contributed by atoms with van der Waals surface area (Å²) in [6.07, 6.45) is 1.70. The zero-order chi connectivity index (χ0) is 10.7. The molecule has 1 aromatic rings. The SMILES string of the molecule is Cc1nn(C)cc1C(=O)NC(C)CN. The standard InChI is InChI=1S/C9H16N4O/c1-6(4-10)11-9(14)8-5-13(3)12-7(8)2/h5-6H,4,10H2,1-3H3,(H,11,14). The van der Waals surface area contributed by atoms with Gasteiger partial charge in [-0.25, -0.2) is 0 Å². The Morgan fingerprint density at radius 1 is 1.79 bits per heavy atom. The van der Waals surface area contributed by atoms with Gasteiger partial charge in [0.1, 0.15) is 0 Å².